The van der Waals surface area contributed by atoms with E-state index in [0.717, 1.165) is 36.9 Å². The zero-order chi connectivity index (χ0) is 72.7. The zero-order valence-corrected chi connectivity index (χ0v) is 53.4. The number of ether oxygens (including phenoxy) is 6. The van der Waals surface area contributed by atoms with Crippen LogP contribution in [-0.4, -0.2) is 161 Å². The number of aromatic carboxylic acids is 2. The lowest BCUT2D eigenvalue weighted by molar-refractivity contribution is -0.138. The molecule has 98 heavy (non-hydrogen) atoms. The van der Waals surface area contributed by atoms with Crippen LogP contribution in [0.15, 0.2) is 61.2 Å². The van der Waals surface area contributed by atoms with Gasteiger partial charge in [0, 0.05) is 51.0 Å². The molecule has 8 rings (SSSR count). The van der Waals surface area contributed by atoms with Gasteiger partial charge in [0.15, 0.2) is 28.6 Å². The van der Waals surface area contributed by atoms with Crippen molar-refractivity contribution in [2.24, 2.45) is 0 Å². The number of carbonyl (C=O) groups excluding carboxylic acids is 5. The van der Waals surface area contributed by atoms with Crippen molar-refractivity contribution in [3.8, 4) is 17.2 Å². The number of aromatic nitrogens is 4. The number of benzene rings is 3. The van der Waals surface area contributed by atoms with Crippen LogP contribution in [0, 0.1) is 0 Å². The lowest BCUT2D eigenvalue weighted by atomic mass is 10.1. The van der Waals surface area contributed by atoms with Crippen molar-refractivity contribution in [1.82, 2.24) is 34.6 Å². The Bertz CT molecular complexity index is 3570. The van der Waals surface area contributed by atoms with Crippen molar-refractivity contribution < 1.29 is 112 Å². The van der Waals surface area contributed by atoms with Crippen molar-refractivity contribution in [2.75, 3.05) is 72.8 Å². The molecule has 12 N–H and O–H groups in total. The van der Waals surface area contributed by atoms with E-state index < -0.39 is 147 Å². The Hall–Kier alpha value is -10.5. The van der Waals surface area contributed by atoms with Gasteiger partial charge in [0.25, 0.3) is 11.8 Å². The van der Waals surface area contributed by atoms with Gasteiger partial charge in [-0.25, -0.2) is 43.9 Å². The van der Waals surface area contributed by atoms with Gasteiger partial charge in [-0.3, -0.25) is 9.59 Å². The summed E-state index contributed by atoms with van der Waals surface area (Å²) in [6.07, 6.45) is -15.4. The number of nitrogens with one attached hydrogen (secondary N) is 2. The molecule has 3 aliphatic rings. The minimum atomic E-state index is -4.90. The molecule has 3 saturated heterocycles. The highest BCUT2D eigenvalue weighted by Crippen LogP contribution is 2.44. The van der Waals surface area contributed by atoms with E-state index in [4.69, 9.17) is 61.6 Å². The molecule has 28 nitrogen and oxygen atoms in total. The molecule has 0 aliphatic carbocycles. The van der Waals surface area contributed by atoms with Crippen LogP contribution in [0.1, 0.15) is 148 Å². The molecule has 3 fully saturated rings. The Morgan fingerprint density at radius 2 is 0.684 bits per heavy atom. The maximum absolute atomic E-state index is 13.9. The third kappa shape index (κ3) is 22.3. The number of alkyl halides is 9. The maximum Gasteiger partial charge on any atom is 0.416 e. The quantitative estimate of drug-likeness (QED) is 0.0327. The van der Waals surface area contributed by atoms with E-state index in [-0.39, 0.29) is 93.0 Å². The van der Waals surface area contributed by atoms with Gasteiger partial charge >= 0.3 is 48.7 Å². The first-order valence-electron chi connectivity index (χ1n) is 29.1. The molecule has 5 amide bonds. The summed E-state index contributed by atoms with van der Waals surface area (Å²) in [6.45, 7) is 16.4. The van der Waals surface area contributed by atoms with Gasteiger partial charge in [0.1, 0.15) is 59.2 Å². The highest BCUT2D eigenvalue weighted by atomic mass is 19.4. The third-order valence-electron chi connectivity index (χ3n) is 13.3. The first kappa shape index (κ1) is 78.2. The number of anilines is 6. The zero-order valence-electron chi connectivity index (χ0n) is 53.4. The van der Waals surface area contributed by atoms with E-state index in [0.29, 0.717) is 37.2 Å². The molecule has 0 unspecified atom stereocenters. The van der Waals surface area contributed by atoms with Gasteiger partial charge in [-0.05, 0) is 98.7 Å². The predicted molar refractivity (Wildman–Crippen MR) is 333 cm³/mol. The number of hydrogen-bond donors (Lipinski definition) is 8. The van der Waals surface area contributed by atoms with Crippen LogP contribution in [0.5, 0.6) is 17.2 Å². The van der Waals surface area contributed by atoms with Gasteiger partial charge in [-0.15, -0.1) is 0 Å². The van der Waals surface area contributed by atoms with Gasteiger partial charge in [0.2, 0.25) is 0 Å². The lowest BCUT2D eigenvalue weighted by Crippen LogP contribution is -2.36. The van der Waals surface area contributed by atoms with Crippen LogP contribution >= 0.6 is 0 Å². The molecular formula is C61H74F9N13O15. The largest absolute Gasteiger partial charge is 0.484 e. The molecule has 0 radical (unpaired) electrons. The number of carboxylic acids is 2. The average molecular weight is 1400 g/mol. The number of nitrogens with two attached hydrogens (primary N) is 4. The van der Waals surface area contributed by atoms with Crippen molar-refractivity contribution in [3.63, 3.8) is 0 Å². The molecule has 3 aromatic carbocycles. The van der Waals surface area contributed by atoms with E-state index in [1.165, 1.54) is 14.7 Å². The smallest absolute Gasteiger partial charge is 0.416 e. The highest BCUT2D eigenvalue weighted by molar-refractivity contribution is 6.08. The summed E-state index contributed by atoms with van der Waals surface area (Å²) in [7, 11) is 0. The molecule has 0 saturated carbocycles. The molecule has 5 aromatic rings. The summed E-state index contributed by atoms with van der Waals surface area (Å²) >= 11 is 0. The van der Waals surface area contributed by atoms with E-state index in [1.807, 2.05) is 0 Å². The fraction of sp³-hybridized carbons (Fsp3) is 0.459. The Kier molecular flexibility index (Phi) is 24.5. The number of nitrogens with zero attached hydrogens (tertiary/aromatic N) is 7. The topological polar surface area (TPSA) is 405 Å². The number of nitrogen functional groups attached to an aromatic ring is 4. The van der Waals surface area contributed by atoms with Gasteiger partial charge in [-0.2, -0.15) is 39.5 Å². The lowest BCUT2D eigenvalue weighted by Gasteiger charge is -2.25. The summed E-state index contributed by atoms with van der Waals surface area (Å²) in [5.74, 6) is -5.54. The summed E-state index contributed by atoms with van der Waals surface area (Å²) in [4.78, 5) is 103. The summed E-state index contributed by atoms with van der Waals surface area (Å²) in [6, 6.07) is 5.68. The first-order valence-corrected chi connectivity index (χ1v) is 29.1. The van der Waals surface area contributed by atoms with E-state index in [1.54, 1.807) is 62.3 Å². The van der Waals surface area contributed by atoms with Gasteiger partial charge in [0.05, 0.1) is 70.4 Å². The van der Waals surface area contributed by atoms with Crippen LogP contribution in [-0.2, 0) is 32.7 Å². The molecule has 5 heterocycles. The van der Waals surface area contributed by atoms with E-state index in [9.17, 15) is 73.1 Å². The molecular weight excluding hydrogens is 1330 g/mol. The van der Waals surface area contributed by atoms with Gasteiger partial charge in [-0.1, -0.05) is 7.43 Å². The third-order valence-corrected chi connectivity index (χ3v) is 13.3. The second-order valence-corrected chi connectivity index (χ2v) is 24.8. The predicted octanol–water partition coefficient (Wildman–Crippen LogP) is 10.7. The van der Waals surface area contributed by atoms with Crippen molar-refractivity contribution in [2.45, 2.75) is 143 Å². The summed E-state index contributed by atoms with van der Waals surface area (Å²) < 4.78 is 155. The van der Waals surface area contributed by atoms with Gasteiger partial charge < -0.3 is 86.9 Å². The first-order chi connectivity index (χ1) is 44.6. The fourth-order valence-corrected chi connectivity index (χ4v) is 9.07. The van der Waals surface area contributed by atoms with Crippen LogP contribution in [0.4, 0.5) is 88.0 Å². The number of carboxylic acid groups (broad SMARTS) is 2. The normalized spacial score (nSPS) is 16.4. The standard InChI is InChI=1S/C38H44F6N8O8.C16H22F3N3O3.C6H4N2O4.CH4/c1-35(2,3)59-33(55)51-9-7-21(16-51)57-29-23(45)11-19(37(39,40)41)13-25(29)49-31(53)27-15-28(48-18-47-27)32(54)50-26-14-20(38(42,43)44)12-24(46)30(26)58-22-8-10-52(17-22)34(56)60-36(4,5)6;1-15(2,3)25-14(23)22-5-4-10(8-22)24-13-11(20)6-9(7-12(13)21)16(17,18)19;9-5(10)3-1-4(6(11)12)8-2-7-3;/h11-15,18,21-22H,7-10,16-17,45-46H2,1-6H3,(H,49,53)(H,50,54);6-7,10H,4-5,8,20-21H2,1-3H3;1-2H,(H,9,10)(H,11,12);1H4/t21-,22-;10-;;/m11../s1. The molecule has 3 aliphatic heterocycles. The number of rotatable bonds is 12. The Balaban J connectivity index is 0.000000371. The Morgan fingerprint density at radius 3 is 0.959 bits per heavy atom. The highest BCUT2D eigenvalue weighted by Gasteiger charge is 2.39. The monoisotopic (exact) mass is 1400 g/mol. The van der Waals surface area contributed by atoms with Crippen molar-refractivity contribution >= 4 is 76.2 Å². The Labute approximate surface area is 554 Å². The fourth-order valence-electron chi connectivity index (χ4n) is 9.07. The van der Waals surface area contributed by atoms with Crippen LogP contribution in [0.25, 0.3) is 0 Å². The minimum Gasteiger partial charge on any atom is -0.484 e. The molecule has 37 heteroatoms. The number of halogens is 9. The molecule has 0 spiro atoms. The molecule has 0 bridgehead atoms. The average Bonchev–Trinajstić information content (AvgIpc) is 1.09. The van der Waals surface area contributed by atoms with Crippen molar-refractivity contribution in [1.29, 1.82) is 0 Å². The van der Waals surface area contributed by atoms with Crippen LogP contribution < -0.4 is 47.8 Å². The number of amides is 5. The molecule has 2 aromatic heterocycles. The number of carbonyl (C=O) groups is 7. The van der Waals surface area contributed by atoms with E-state index >= 15 is 0 Å². The second-order valence-electron chi connectivity index (χ2n) is 24.8. The van der Waals surface area contributed by atoms with Crippen LogP contribution in [0.2, 0.25) is 0 Å². The molecule has 536 valence electrons. The van der Waals surface area contributed by atoms with E-state index in [2.05, 4.69) is 30.6 Å². The summed E-state index contributed by atoms with van der Waals surface area (Å²) in [5, 5.41) is 21.4. The minimum absolute atomic E-state index is 0. The second kappa shape index (κ2) is 30.7. The Morgan fingerprint density at radius 1 is 0.429 bits per heavy atom. The number of likely N-dealkylation sites (tertiary alicyclic amines) is 3. The maximum atomic E-state index is 13.9. The number of hydrogen-bond acceptors (Lipinski definition) is 21. The van der Waals surface area contributed by atoms with Crippen LogP contribution in [0.3, 0.4) is 0 Å². The summed E-state index contributed by atoms with van der Waals surface area (Å²) in [5.41, 5.74) is 13.6. The van der Waals surface area contributed by atoms with Crippen molar-refractivity contribution in [3.05, 3.63) is 101 Å². The molecule has 3 atom stereocenters. The SMILES string of the molecule is C.CC(C)(C)OC(=O)N1CC[C@@H](Oc2c(N)cc(C(F)(F)F)cc2N)C1.CC(C)(C)OC(=O)N1CC[C@@H](Oc2c(N)cc(C(F)(F)F)cc2NC(=O)c2cc(C(=O)Nc3cc(C(F)(F)F)cc(N)c3O[C@@H]3CCN(C(=O)OC(C)(C)C)C3)ncn2)C1.O=C(O)c1cc(C(=O)O)ncn1.